The van der Waals surface area contributed by atoms with Crippen LogP contribution in [0.4, 0.5) is 0 Å². The second kappa shape index (κ2) is 11.6. The van der Waals surface area contributed by atoms with Crippen LogP contribution in [0.15, 0.2) is 127 Å². The molecule has 0 aliphatic rings. The molecule has 214 valence electrons. The Hall–Kier alpha value is -4.92. The Morgan fingerprint density at radius 3 is 1.93 bits per heavy atom. The standard InChI is InChI=1S/C40H29NS.C2H6/c1-3-9-38-25(2)33-19-18-31(24-39(33)42-38)27-13-6-12-26(20-27)28-14-7-15-32(21-28)34-16-8-17-35-36-22-29-10-4-5-11-30(29)23-37(36)41-40(34)35;1-2/h3-24,41H,1-2H3;1-2H3/b9-3-;. The first-order valence-corrected chi connectivity index (χ1v) is 16.3. The van der Waals surface area contributed by atoms with Crippen LogP contribution >= 0.6 is 11.3 Å². The molecule has 0 unspecified atom stereocenters. The molecule has 0 amide bonds. The summed E-state index contributed by atoms with van der Waals surface area (Å²) < 4.78 is 1.34. The molecule has 0 saturated heterocycles. The van der Waals surface area contributed by atoms with Crippen LogP contribution in [0.2, 0.25) is 0 Å². The number of hydrogen-bond acceptors (Lipinski definition) is 1. The van der Waals surface area contributed by atoms with Crippen LogP contribution < -0.4 is 0 Å². The zero-order chi connectivity index (χ0) is 30.2. The molecular weight excluding hydrogens is 551 g/mol. The second-order valence-electron chi connectivity index (χ2n) is 11.1. The minimum absolute atomic E-state index is 1.18. The summed E-state index contributed by atoms with van der Waals surface area (Å²) in [5.74, 6) is 0. The van der Waals surface area contributed by atoms with E-state index < -0.39 is 0 Å². The molecule has 0 spiro atoms. The topological polar surface area (TPSA) is 15.8 Å². The van der Waals surface area contributed by atoms with Crippen molar-refractivity contribution in [2.45, 2.75) is 27.7 Å². The number of nitrogens with one attached hydrogen (secondary N) is 1. The van der Waals surface area contributed by atoms with Crippen LogP contribution in [0, 0.1) is 6.92 Å². The van der Waals surface area contributed by atoms with Gasteiger partial charge in [-0.25, -0.2) is 0 Å². The van der Waals surface area contributed by atoms with Gasteiger partial charge >= 0.3 is 0 Å². The normalized spacial score (nSPS) is 11.5. The number of thiophene rings is 1. The highest BCUT2D eigenvalue weighted by Crippen LogP contribution is 2.38. The number of hydrogen-bond donors (Lipinski definition) is 1. The summed E-state index contributed by atoms with van der Waals surface area (Å²) in [7, 11) is 0. The number of aromatic nitrogens is 1. The van der Waals surface area contributed by atoms with Gasteiger partial charge in [-0.05, 0) is 99.8 Å². The molecule has 1 nitrogen and oxygen atoms in total. The summed E-state index contributed by atoms with van der Waals surface area (Å²) in [5.41, 5.74) is 11.1. The monoisotopic (exact) mass is 585 g/mol. The number of fused-ring (bicyclic) bond motifs is 5. The van der Waals surface area contributed by atoms with E-state index in [4.69, 9.17) is 0 Å². The number of allylic oxidation sites excluding steroid dienone is 1. The lowest BCUT2D eigenvalue weighted by Gasteiger charge is -2.10. The maximum Gasteiger partial charge on any atom is 0.0544 e. The molecule has 0 fully saturated rings. The fraction of sp³-hybridized carbons (Fsp3) is 0.0952. The van der Waals surface area contributed by atoms with Gasteiger partial charge in [0.1, 0.15) is 0 Å². The first-order chi connectivity index (χ1) is 21.7. The van der Waals surface area contributed by atoms with Crippen molar-refractivity contribution in [3.8, 4) is 33.4 Å². The van der Waals surface area contributed by atoms with Gasteiger partial charge in [0.25, 0.3) is 0 Å². The molecule has 8 aromatic rings. The van der Waals surface area contributed by atoms with Gasteiger partial charge in [0.2, 0.25) is 0 Å². The highest BCUT2D eigenvalue weighted by molar-refractivity contribution is 7.20. The molecule has 1 N–H and O–H groups in total. The fourth-order valence-corrected chi connectivity index (χ4v) is 7.55. The SMILES string of the molecule is C/C=C\c1sc2cc(-c3cccc(-c4cccc(-c5cccc6c5[nH]c5cc7ccccc7cc56)c4)c3)ccc2c1C.CC. The molecule has 2 heterocycles. The third-order valence-electron chi connectivity index (χ3n) is 8.50. The summed E-state index contributed by atoms with van der Waals surface area (Å²) in [6, 6.07) is 44.6. The zero-order valence-electron chi connectivity index (χ0n) is 25.6. The Balaban J connectivity index is 0.00000153. The van der Waals surface area contributed by atoms with E-state index in [0.29, 0.717) is 0 Å². The van der Waals surface area contributed by atoms with Crippen LogP contribution in [-0.4, -0.2) is 4.98 Å². The van der Waals surface area contributed by atoms with Gasteiger partial charge in [0.05, 0.1) is 5.52 Å². The Morgan fingerprint density at radius 1 is 0.568 bits per heavy atom. The van der Waals surface area contributed by atoms with Crippen LogP contribution in [0.25, 0.3) is 82.1 Å². The molecule has 2 aromatic heterocycles. The average Bonchev–Trinajstić information content (AvgIpc) is 3.60. The van der Waals surface area contributed by atoms with Gasteiger partial charge in [-0.3, -0.25) is 0 Å². The van der Waals surface area contributed by atoms with Gasteiger partial charge < -0.3 is 4.98 Å². The highest BCUT2D eigenvalue weighted by Gasteiger charge is 2.12. The van der Waals surface area contributed by atoms with Crippen molar-refractivity contribution in [1.82, 2.24) is 4.98 Å². The van der Waals surface area contributed by atoms with Gasteiger partial charge in [0, 0.05) is 31.4 Å². The third-order valence-corrected chi connectivity index (χ3v) is 9.72. The first kappa shape index (κ1) is 27.9. The predicted octanol–water partition coefficient (Wildman–Crippen LogP) is 13.1. The van der Waals surface area contributed by atoms with Crippen molar-refractivity contribution >= 4 is 60.1 Å². The zero-order valence-corrected chi connectivity index (χ0v) is 26.4. The van der Waals surface area contributed by atoms with E-state index in [1.807, 2.05) is 25.2 Å². The third kappa shape index (κ3) is 4.82. The summed E-state index contributed by atoms with van der Waals surface area (Å²) in [6.07, 6.45) is 4.34. The maximum atomic E-state index is 3.75. The molecule has 6 aromatic carbocycles. The molecule has 2 heteroatoms. The molecule has 0 aliphatic heterocycles. The smallest absolute Gasteiger partial charge is 0.0544 e. The van der Waals surface area contributed by atoms with Crippen molar-refractivity contribution in [1.29, 1.82) is 0 Å². The van der Waals surface area contributed by atoms with Crippen molar-refractivity contribution in [3.05, 3.63) is 138 Å². The van der Waals surface area contributed by atoms with Crippen molar-refractivity contribution in [3.63, 3.8) is 0 Å². The highest BCUT2D eigenvalue weighted by atomic mass is 32.1. The Bertz CT molecular complexity index is 2330. The summed E-state index contributed by atoms with van der Waals surface area (Å²) in [5, 5.41) is 6.40. The summed E-state index contributed by atoms with van der Waals surface area (Å²) in [6.45, 7) is 8.30. The first-order valence-electron chi connectivity index (χ1n) is 15.5. The number of aryl methyl sites for hydroxylation is 1. The average molecular weight is 586 g/mol. The van der Waals surface area contributed by atoms with Gasteiger partial charge in [-0.2, -0.15) is 0 Å². The Labute approximate surface area is 263 Å². The van der Waals surface area contributed by atoms with Crippen molar-refractivity contribution in [2.24, 2.45) is 0 Å². The summed E-state index contributed by atoms with van der Waals surface area (Å²) in [4.78, 5) is 5.09. The van der Waals surface area contributed by atoms with Gasteiger partial charge in [-0.15, -0.1) is 11.3 Å². The van der Waals surface area contributed by atoms with Crippen LogP contribution in [-0.2, 0) is 0 Å². The lowest BCUT2D eigenvalue weighted by atomic mass is 9.95. The quantitative estimate of drug-likeness (QED) is 0.211. The number of H-pyrrole nitrogens is 1. The fourth-order valence-electron chi connectivity index (χ4n) is 6.33. The maximum absolute atomic E-state index is 3.75. The van der Waals surface area contributed by atoms with E-state index in [1.165, 1.54) is 86.5 Å². The van der Waals surface area contributed by atoms with E-state index in [9.17, 15) is 0 Å². The number of rotatable bonds is 4. The van der Waals surface area contributed by atoms with Gasteiger partial charge in [0.15, 0.2) is 0 Å². The predicted molar refractivity (Wildman–Crippen MR) is 196 cm³/mol. The number of para-hydroxylation sites is 1. The van der Waals surface area contributed by atoms with E-state index in [-0.39, 0.29) is 0 Å². The molecule has 0 atom stereocenters. The van der Waals surface area contributed by atoms with E-state index >= 15 is 0 Å². The largest absolute Gasteiger partial charge is 0.354 e. The minimum atomic E-state index is 1.18. The lowest BCUT2D eigenvalue weighted by molar-refractivity contribution is 1.50. The van der Waals surface area contributed by atoms with Crippen LogP contribution in [0.5, 0.6) is 0 Å². The number of benzene rings is 6. The Kier molecular flexibility index (Phi) is 7.37. The number of aromatic amines is 1. The second-order valence-corrected chi connectivity index (χ2v) is 12.1. The minimum Gasteiger partial charge on any atom is -0.354 e. The van der Waals surface area contributed by atoms with Crippen LogP contribution in [0.3, 0.4) is 0 Å². The van der Waals surface area contributed by atoms with E-state index in [0.717, 1.165) is 0 Å². The molecular formula is C42H35NS. The molecule has 8 rings (SSSR count). The van der Waals surface area contributed by atoms with E-state index in [2.05, 4.69) is 152 Å². The molecule has 0 aliphatic carbocycles. The molecule has 44 heavy (non-hydrogen) atoms. The van der Waals surface area contributed by atoms with Crippen molar-refractivity contribution in [2.75, 3.05) is 0 Å². The summed E-state index contributed by atoms with van der Waals surface area (Å²) >= 11 is 1.87. The molecule has 0 saturated carbocycles. The lowest BCUT2D eigenvalue weighted by Crippen LogP contribution is -1.85. The molecule has 0 bridgehead atoms. The van der Waals surface area contributed by atoms with Crippen LogP contribution in [0.1, 0.15) is 31.2 Å². The molecule has 0 radical (unpaired) electrons. The van der Waals surface area contributed by atoms with E-state index in [1.54, 1.807) is 0 Å². The Morgan fingerprint density at radius 2 is 1.20 bits per heavy atom. The van der Waals surface area contributed by atoms with Crippen molar-refractivity contribution < 1.29 is 0 Å². The van der Waals surface area contributed by atoms with Gasteiger partial charge in [-0.1, -0.05) is 111 Å².